The van der Waals surface area contributed by atoms with Gasteiger partial charge in [0.2, 0.25) is 0 Å². The van der Waals surface area contributed by atoms with Gasteiger partial charge in [-0.1, -0.05) is 12.2 Å². The number of anilines is 1. The smallest absolute Gasteiger partial charge is 0.161 e. The molecule has 0 bridgehead atoms. The van der Waals surface area contributed by atoms with Crippen LogP contribution in [0.15, 0.2) is 0 Å². The second-order valence-electron chi connectivity index (χ2n) is 3.91. The Morgan fingerprint density at radius 2 is 1.78 bits per heavy atom. The van der Waals surface area contributed by atoms with Gasteiger partial charge in [0.25, 0.3) is 0 Å². The average Bonchev–Trinajstić information content (AvgIpc) is 2.31. The van der Waals surface area contributed by atoms with Gasteiger partial charge in [0.15, 0.2) is 5.82 Å². The normalized spacial score (nSPS) is 10.4. The molecule has 0 atom stereocenters. The Labute approximate surface area is 111 Å². The molecule has 1 aromatic heterocycles. The topological polar surface area (TPSA) is 95.5 Å². The monoisotopic (exact) mass is 270 g/mol. The number of thiocarbonyl (C=S) groups is 1. The Hall–Kier alpha value is -1.31. The van der Waals surface area contributed by atoms with Gasteiger partial charge in [0.1, 0.15) is 4.99 Å². The predicted molar refractivity (Wildman–Crippen MR) is 73.8 cm³/mol. The summed E-state index contributed by atoms with van der Waals surface area (Å²) < 4.78 is 0. The number of hydrogen-bond acceptors (Lipinski definition) is 6. The molecule has 0 aliphatic carbocycles. The standard InChI is InChI=1S/C11H18N4O2S/c1-7-8(2)13-14-11(9(7)10(12)18)15(3-5-16)4-6-17/h16-17H,3-6H2,1-2H3,(H2,12,18). The lowest BCUT2D eigenvalue weighted by Gasteiger charge is -2.24. The molecule has 7 heteroatoms. The van der Waals surface area contributed by atoms with Crippen LogP contribution in [0.25, 0.3) is 0 Å². The molecule has 1 rings (SSSR count). The van der Waals surface area contributed by atoms with E-state index >= 15 is 0 Å². The van der Waals surface area contributed by atoms with Crippen molar-refractivity contribution in [1.82, 2.24) is 10.2 Å². The SMILES string of the molecule is Cc1nnc(N(CCO)CCO)c(C(N)=S)c1C. The Balaban J connectivity index is 3.28. The van der Waals surface area contributed by atoms with Crippen molar-refractivity contribution in [2.45, 2.75) is 13.8 Å². The number of nitrogens with two attached hydrogens (primary N) is 1. The number of rotatable bonds is 6. The highest BCUT2D eigenvalue weighted by Gasteiger charge is 2.18. The Kier molecular flexibility index (Phi) is 5.39. The minimum absolute atomic E-state index is 0.0502. The quantitative estimate of drug-likeness (QED) is 0.601. The molecule has 0 saturated carbocycles. The molecule has 100 valence electrons. The van der Waals surface area contributed by atoms with Crippen molar-refractivity contribution in [3.05, 3.63) is 16.8 Å². The van der Waals surface area contributed by atoms with E-state index in [1.165, 1.54) is 0 Å². The van der Waals surface area contributed by atoms with E-state index in [1.54, 1.807) is 4.90 Å². The summed E-state index contributed by atoms with van der Waals surface area (Å²) in [7, 11) is 0. The fourth-order valence-electron chi connectivity index (χ4n) is 1.68. The summed E-state index contributed by atoms with van der Waals surface area (Å²) in [5, 5.41) is 26.2. The zero-order valence-corrected chi connectivity index (χ0v) is 11.4. The molecule has 0 aliphatic heterocycles. The molecule has 0 aliphatic rings. The third-order valence-electron chi connectivity index (χ3n) is 2.72. The minimum atomic E-state index is -0.0502. The number of aryl methyl sites for hydroxylation is 1. The van der Waals surface area contributed by atoms with Gasteiger partial charge in [-0.05, 0) is 19.4 Å². The van der Waals surface area contributed by atoms with Crippen LogP contribution < -0.4 is 10.6 Å². The first-order valence-electron chi connectivity index (χ1n) is 5.63. The van der Waals surface area contributed by atoms with Crippen LogP contribution in [-0.4, -0.2) is 51.7 Å². The number of nitrogens with zero attached hydrogens (tertiary/aromatic N) is 3. The number of aliphatic hydroxyl groups excluding tert-OH is 2. The van der Waals surface area contributed by atoms with E-state index in [-0.39, 0.29) is 18.2 Å². The Morgan fingerprint density at radius 1 is 1.22 bits per heavy atom. The fourth-order valence-corrected chi connectivity index (χ4v) is 1.92. The highest BCUT2D eigenvalue weighted by molar-refractivity contribution is 7.80. The summed E-state index contributed by atoms with van der Waals surface area (Å²) in [6.07, 6.45) is 0. The maximum absolute atomic E-state index is 9.04. The summed E-state index contributed by atoms with van der Waals surface area (Å²) in [6, 6.07) is 0. The number of aliphatic hydroxyl groups is 2. The molecular formula is C11H18N4O2S. The Bertz CT molecular complexity index is 433. The van der Waals surface area contributed by atoms with E-state index in [1.807, 2.05) is 13.8 Å². The summed E-state index contributed by atoms with van der Waals surface area (Å²) in [5.41, 5.74) is 8.01. The highest BCUT2D eigenvalue weighted by Crippen LogP contribution is 2.21. The van der Waals surface area contributed by atoms with Crippen LogP contribution in [0.5, 0.6) is 0 Å². The molecule has 4 N–H and O–H groups in total. The molecule has 18 heavy (non-hydrogen) atoms. The van der Waals surface area contributed by atoms with Crippen molar-refractivity contribution >= 4 is 23.0 Å². The van der Waals surface area contributed by atoms with Gasteiger partial charge in [0.05, 0.1) is 24.5 Å². The molecule has 6 nitrogen and oxygen atoms in total. The number of hydrogen-bond donors (Lipinski definition) is 3. The van der Waals surface area contributed by atoms with E-state index in [0.29, 0.717) is 24.5 Å². The zero-order chi connectivity index (χ0) is 13.7. The van der Waals surface area contributed by atoms with Gasteiger partial charge in [-0.2, -0.15) is 5.10 Å². The fraction of sp³-hybridized carbons (Fsp3) is 0.545. The zero-order valence-electron chi connectivity index (χ0n) is 10.6. The maximum atomic E-state index is 9.04. The maximum Gasteiger partial charge on any atom is 0.161 e. The van der Waals surface area contributed by atoms with Crippen LogP contribution in [0.1, 0.15) is 16.8 Å². The lowest BCUT2D eigenvalue weighted by atomic mass is 10.1. The average molecular weight is 270 g/mol. The number of aromatic nitrogens is 2. The van der Waals surface area contributed by atoms with Crippen molar-refractivity contribution in [3.8, 4) is 0 Å². The van der Waals surface area contributed by atoms with Crippen LogP contribution in [0, 0.1) is 13.8 Å². The van der Waals surface area contributed by atoms with Gasteiger partial charge < -0.3 is 20.8 Å². The molecular weight excluding hydrogens is 252 g/mol. The van der Waals surface area contributed by atoms with Crippen LogP contribution in [0.2, 0.25) is 0 Å². The van der Waals surface area contributed by atoms with E-state index in [2.05, 4.69) is 10.2 Å². The predicted octanol–water partition coefficient (Wildman–Crippen LogP) is -0.481. The molecule has 0 fully saturated rings. The van der Waals surface area contributed by atoms with Crippen molar-refractivity contribution in [1.29, 1.82) is 0 Å². The van der Waals surface area contributed by atoms with Gasteiger partial charge >= 0.3 is 0 Å². The molecule has 0 amide bonds. The summed E-state index contributed by atoms with van der Waals surface area (Å²) >= 11 is 5.04. The molecule has 0 saturated heterocycles. The lowest BCUT2D eigenvalue weighted by Crippen LogP contribution is -2.33. The first-order chi connectivity index (χ1) is 8.52. The first-order valence-corrected chi connectivity index (χ1v) is 6.04. The van der Waals surface area contributed by atoms with E-state index in [4.69, 9.17) is 28.2 Å². The van der Waals surface area contributed by atoms with Crippen LogP contribution in [-0.2, 0) is 0 Å². The highest BCUT2D eigenvalue weighted by atomic mass is 32.1. The second-order valence-corrected chi connectivity index (χ2v) is 4.35. The molecule has 1 aromatic rings. The molecule has 0 spiro atoms. The van der Waals surface area contributed by atoms with Gasteiger partial charge in [0, 0.05) is 13.1 Å². The third kappa shape index (κ3) is 3.12. The van der Waals surface area contributed by atoms with E-state index in [0.717, 1.165) is 11.3 Å². The van der Waals surface area contributed by atoms with Crippen molar-refractivity contribution in [2.24, 2.45) is 5.73 Å². The summed E-state index contributed by atoms with van der Waals surface area (Å²) in [5.74, 6) is 0.508. The summed E-state index contributed by atoms with van der Waals surface area (Å²) in [4.78, 5) is 1.95. The van der Waals surface area contributed by atoms with Crippen LogP contribution >= 0.6 is 12.2 Å². The van der Waals surface area contributed by atoms with Crippen LogP contribution in [0.4, 0.5) is 5.82 Å². The van der Waals surface area contributed by atoms with Gasteiger partial charge in [-0.25, -0.2) is 0 Å². The largest absolute Gasteiger partial charge is 0.395 e. The second kappa shape index (κ2) is 6.58. The van der Waals surface area contributed by atoms with E-state index < -0.39 is 0 Å². The van der Waals surface area contributed by atoms with Gasteiger partial charge in [-0.15, -0.1) is 5.10 Å². The summed E-state index contributed by atoms with van der Waals surface area (Å²) in [6.45, 7) is 4.28. The first kappa shape index (κ1) is 14.7. The molecule has 0 radical (unpaired) electrons. The minimum Gasteiger partial charge on any atom is -0.395 e. The van der Waals surface area contributed by atoms with Gasteiger partial charge in [-0.3, -0.25) is 0 Å². The molecule has 0 unspecified atom stereocenters. The van der Waals surface area contributed by atoms with Crippen molar-refractivity contribution in [3.63, 3.8) is 0 Å². The van der Waals surface area contributed by atoms with E-state index in [9.17, 15) is 0 Å². The van der Waals surface area contributed by atoms with Crippen molar-refractivity contribution in [2.75, 3.05) is 31.2 Å². The molecule has 0 aromatic carbocycles. The third-order valence-corrected chi connectivity index (χ3v) is 2.93. The Morgan fingerprint density at radius 3 is 2.22 bits per heavy atom. The molecule has 1 heterocycles. The van der Waals surface area contributed by atoms with Crippen LogP contribution in [0.3, 0.4) is 0 Å². The lowest BCUT2D eigenvalue weighted by molar-refractivity contribution is 0.280. The van der Waals surface area contributed by atoms with Crippen molar-refractivity contribution < 1.29 is 10.2 Å².